The van der Waals surface area contributed by atoms with Crippen molar-refractivity contribution in [2.75, 3.05) is 11.9 Å². The van der Waals surface area contributed by atoms with E-state index in [0.29, 0.717) is 23.4 Å². The van der Waals surface area contributed by atoms with E-state index in [1.54, 1.807) is 18.5 Å². The quantitative estimate of drug-likeness (QED) is 0.682. The van der Waals surface area contributed by atoms with Gasteiger partial charge in [-0.15, -0.1) is 0 Å². The van der Waals surface area contributed by atoms with Gasteiger partial charge in [0.05, 0.1) is 5.69 Å². The first-order chi connectivity index (χ1) is 13.7. The number of nitrogens with one attached hydrogen (secondary N) is 1. The molecule has 0 aliphatic heterocycles. The average molecular weight is 393 g/mol. The van der Waals surface area contributed by atoms with E-state index in [0.717, 1.165) is 5.69 Å². The van der Waals surface area contributed by atoms with Crippen LogP contribution in [0, 0.1) is 0 Å². The number of rotatable bonds is 6. The third-order valence-electron chi connectivity index (χ3n) is 4.40. The molecule has 7 nitrogen and oxygen atoms in total. The summed E-state index contributed by atoms with van der Waals surface area (Å²) in [4.78, 5) is 21.0. The van der Waals surface area contributed by atoms with E-state index in [9.17, 15) is 4.79 Å². The minimum Gasteiger partial charge on any atom is -0.484 e. The van der Waals surface area contributed by atoms with Gasteiger partial charge < -0.3 is 10.1 Å². The number of carbonyl (C=O) groups excluding carboxylic acids is 1. The first-order valence-corrected chi connectivity index (χ1v) is 9.64. The molecule has 7 heteroatoms. The number of benzene rings is 1. The molecule has 152 valence electrons. The SMILES string of the molecule is CC(C)c1ccc(OCC(=O)Nc2cc(C(C)(C)C)nn2-c2ncccn2)cc1. The number of anilines is 1. The third-order valence-corrected chi connectivity index (χ3v) is 4.40. The maximum atomic E-state index is 12.5. The molecule has 3 aromatic rings. The van der Waals surface area contributed by atoms with Gasteiger partial charge in [0.15, 0.2) is 6.61 Å². The first kappa shape index (κ1) is 20.5. The summed E-state index contributed by atoms with van der Waals surface area (Å²) in [5.41, 5.74) is 1.86. The molecule has 0 radical (unpaired) electrons. The topological polar surface area (TPSA) is 81.9 Å². The van der Waals surface area contributed by atoms with Crippen LogP contribution in [0.5, 0.6) is 5.75 Å². The van der Waals surface area contributed by atoms with Gasteiger partial charge in [0.1, 0.15) is 11.6 Å². The van der Waals surface area contributed by atoms with Gasteiger partial charge in [-0.3, -0.25) is 4.79 Å². The maximum Gasteiger partial charge on any atom is 0.263 e. The van der Waals surface area contributed by atoms with E-state index in [2.05, 4.69) is 55.0 Å². The summed E-state index contributed by atoms with van der Waals surface area (Å²) in [6.45, 7) is 10.3. The lowest BCUT2D eigenvalue weighted by atomic mass is 9.92. The van der Waals surface area contributed by atoms with Gasteiger partial charge in [-0.05, 0) is 29.7 Å². The highest BCUT2D eigenvalue weighted by Crippen LogP contribution is 2.25. The largest absolute Gasteiger partial charge is 0.484 e. The highest BCUT2D eigenvalue weighted by atomic mass is 16.5. The molecular formula is C22H27N5O2. The van der Waals surface area contributed by atoms with E-state index in [-0.39, 0.29) is 17.9 Å². The summed E-state index contributed by atoms with van der Waals surface area (Å²) in [7, 11) is 0. The molecule has 0 unspecified atom stereocenters. The number of ether oxygens (including phenoxy) is 1. The van der Waals surface area contributed by atoms with Crippen LogP contribution in [0.3, 0.4) is 0 Å². The van der Waals surface area contributed by atoms with Gasteiger partial charge in [0.2, 0.25) is 0 Å². The summed E-state index contributed by atoms with van der Waals surface area (Å²) in [5.74, 6) is 1.72. The lowest BCUT2D eigenvalue weighted by molar-refractivity contribution is -0.118. The fourth-order valence-corrected chi connectivity index (χ4v) is 2.67. The Balaban J connectivity index is 1.73. The molecular weight excluding hydrogens is 366 g/mol. The van der Waals surface area contributed by atoms with Crippen molar-refractivity contribution >= 4 is 11.7 Å². The van der Waals surface area contributed by atoms with Gasteiger partial charge in [0, 0.05) is 23.9 Å². The monoisotopic (exact) mass is 393 g/mol. The summed E-state index contributed by atoms with van der Waals surface area (Å²) in [6.07, 6.45) is 3.27. The van der Waals surface area contributed by atoms with Crippen LogP contribution in [-0.2, 0) is 10.2 Å². The fourth-order valence-electron chi connectivity index (χ4n) is 2.67. The van der Waals surface area contributed by atoms with Gasteiger partial charge >= 0.3 is 0 Å². The van der Waals surface area contributed by atoms with Crippen molar-refractivity contribution in [2.24, 2.45) is 0 Å². The fraction of sp³-hybridized carbons (Fsp3) is 0.364. The number of aromatic nitrogens is 4. The Labute approximate surface area is 171 Å². The van der Waals surface area contributed by atoms with Crippen molar-refractivity contribution in [1.29, 1.82) is 0 Å². The normalized spacial score (nSPS) is 11.5. The van der Waals surface area contributed by atoms with Crippen molar-refractivity contribution in [3.63, 3.8) is 0 Å². The van der Waals surface area contributed by atoms with Crippen molar-refractivity contribution in [3.05, 3.63) is 60.0 Å². The molecule has 2 heterocycles. The second-order valence-corrected chi connectivity index (χ2v) is 8.19. The Bertz CT molecular complexity index is 957. The van der Waals surface area contributed by atoms with E-state index in [1.165, 1.54) is 10.2 Å². The highest BCUT2D eigenvalue weighted by molar-refractivity contribution is 5.91. The predicted molar refractivity (Wildman–Crippen MR) is 113 cm³/mol. The summed E-state index contributed by atoms with van der Waals surface area (Å²) < 4.78 is 7.16. The molecule has 0 spiro atoms. The van der Waals surface area contributed by atoms with Crippen molar-refractivity contribution in [1.82, 2.24) is 19.7 Å². The van der Waals surface area contributed by atoms with Crippen LogP contribution >= 0.6 is 0 Å². The highest BCUT2D eigenvalue weighted by Gasteiger charge is 2.22. The molecule has 29 heavy (non-hydrogen) atoms. The zero-order valence-corrected chi connectivity index (χ0v) is 17.5. The minimum absolute atomic E-state index is 0.104. The number of hydrogen-bond acceptors (Lipinski definition) is 5. The predicted octanol–water partition coefficient (Wildman–Crippen LogP) is 4.10. The second-order valence-electron chi connectivity index (χ2n) is 8.19. The van der Waals surface area contributed by atoms with E-state index in [4.69, 9.17) is 4.74 Å². The third kappa shape index (κ3) is 5.19. The van der Waals surface area contributed by atoms with Crippen LogP contribution in [0.1, 0.15) is 51.8 Å². The lowest BCUT2D eigenvalue weighted by Crippen LogP contribution is -2.22. The minimum atomic E-state index is -0.282. The van der Waals surface area contributed by atoms with Crippen molar-refractivity contribution < 1.29 is 9.53 Å². The van der Waals surface area contributed by atoms with E-state index in [1.807, 2.05) is 30.3 Å². The number of amides is 1. The van der Waals surface area contributed by atoms with Crippen LogP contribution in [0.4, 0.5) is 5.82 Å². The molecule has 0 atom stereocenters. The van der Waals surface area contributed by atoms with Crippen LogP contribution in [0.2, 0.25) is 0 Å². The molecule has 2 aromatic heterocycles. The Kier molecular flexibility index (Phi) is 5.96. The molecule has 0 saturated heterocycles. The van der Waals surface area contributed by atoms with E-state index < -0.39 is 0 Å². The van der Waals surface area contributed by atoms with Crippen LogP contribution in [0.25, 0.3) is 5.95 Å². The summed E-state index contributed by atoms with van der Waals surface area (Å²) >= 11 is 0. The Hall–Kier alpha value is -3.22. The van der Waals surface area contributed by atoms with Crippen LogP contribution in [-0.4, -0.2) is 32.3 Å². The molecule has 0 fully saturated rings. The molecule has 0 bridgehead atoms. The number of carbonyl (C=O) groups is 1. The molecule has 0 aliphatic rings. The van der Waals surface area contributed by atoms with E-state index >= 15 is 0 Å². The summed E-state index contributed by atoms with van der Waals surface area (Å²) in [6, 6.07) is 11.3. The van der Waals surface area contributed by atoms with Gasteiger partial charge in [-0.2, -0.15) is 9.78 Å². The van der Waals surface area contributed by atoms with Crippen molar-refractivity contribution in [2.45, 2.75) is 46.0 Å². The number of hydrogen-bond donors (Lipinski definition) is 1. The molecule has 1 amide bonds. The molecule has 0 saturated carbocycles. The Morgan fingerprint density at radius 3 is 2.38 bits per heavy atom. The standard InChI is InChI=1S/C22H27N5O2/c1-15(2)16-7-9-17(10-8-16)29-14-20(28)25-19-13-18(22(3,4)5)26-27(19)21-23-11-6-12-24-21/h6-13,15H,14H2,1-5H3,(H,25,28). The van der Waals surface area contributed by atoms with Gasteiger partial charge in [0.25, 0.3) is 11.9 Å². The molecule has 3 rings (SSSR count). The second kappa shape index (κ2) is 8.43. The Morgan fingerprint density at radius 2 is 1.79 bits per heavy atom. The first-order valence-electron chi connectivity index (χ1n) is 9.64. The summed E-state index contributed by atoms with van der Waals surface area (Å²) in [5, 5.41) is 7.44. The molecule has 1 aromatic carbocycles. The smallest absolute Gasteiger partial charge is 0.263 e. The average Bonchev–Trinajstić information content (AvgIpc) is 3.11. The zero-order valence-electron chi connectivity index (χ0n) is 17.5. The lowest BCUT2D eigenvalue weighted by Gasteiger charge is -2.13. The van der Waals surface area contributed by atoms with Gasteiger partial charge in [-0.1, -0.05) is 46.8 Å². The zero-order chi connectivity index (χ0) is 21.0. The van der Waals surface area contributed by atoms with Crippen molar-refractivity contribution in [3.8, 4) is 11.7 Å². The van der Waals surface area contributed by atoms with Crippen LogP contribution in [0.15, 0.2) is 48.8 Å². The molecule has 1 N–H and O–H groups in total. The maximum absolute atomic E-state index is 12.5. The van der Waals surface area contributed by atoms with Crippen LogP contribution < -0.4 is 10.1 Å². The Morgan fingerprint density at radius 1 is 1.14 bits per heavy atom. The number of nitrogens with zero attached hydrogens (tertiary/aromatic N) is 4. The molecule has 0 aliphatic carbocycles. The van der Waals surface area contributed by atoms with Gasteiger partial charge in [-0.25, -0.2) is 9.97 Å².